The van der Waals surface area contributed by atoms with Crippen LogP contribution in [0.15, 0.2) is 84.9 Å². The summed E-state index contributed by atoms with van der Waals surface area (Å²) in [4.78, 5) is 0. The van der Waals surface area contributed by atoms with E-state index in [1.807, 2.05) is 84.9 Å². The first kappa shape index (κ1) is 26.3. The number of methoxy groups -OCH3 is 2. The van der Waals surface area contributed by atoms with E-state index >= 15 is 0 Å². The van der Waals surface area contributed by atoms with Crippen LogP contribution in [0.5, 0.6) is 5.75 Å². The molecular weight excluding hydrogens is 460 g/mol. The van der Waals surface area contributed by atoms with Crippen molar-refractivity contribution in [2.45, 2.75) is 50.5 Å². The smallest absolute Gasteiger partial charge is 0.186 e. The molecule has 192 valence electrons. The molecule has 0 spiro atoms. The Morgan fingerprint density at radius 3 is 1.83 bits per heavy atom. The standard InChI is InChI=1S/C29H34O7/c1-31-24-15-13-23(14-16-24)19-34-27-26(30)25(20-33-17-21-9-5-3-6-10-21)36-29(32-2)28(27)35-18-22-11-7-4-8-12-22/h3-16,25-30H,17-20H2,1-2H3/t25-,26+,27+,28-,29+/m1/s1. The highest BCUT2D eigenvalue weighted by molar-refractivity contribution is 5.26. The van der Waals surface area contributed by atoms with Gasteiger partial charge < -0.3 is 33.5 Å². The number of ether oxygens (including phenoxy) is 6. The van der Waals surface area contributed by atoms with E-state index in [4.69, 9.17) is 28.4 Å². The normalized spacial score (nSPS) is 23.9. The van der Waals surface area contributed by atoms with E-state index in [1.54, 1.807) is 14.2 Å². The second kappa shape index (κ2) is 13.5. The third-order valence-corrected chi connectivity index (χ3v) is 6.13. The third-order valence-electron chi connectivity index (χ3n) is 6.13. The van der Waals surface area contributed by atoms with Gasteiger partial charge >= 0.3 is 0 Å². The maximum atomic E-state index is 11.3. The molecule has 0 radical (unpaired) electrons. The average Bonchev–Trinajstić information content (AvgIpc) is 2.93. The van der Waals surface area contributed by atoms with Crippen molar-refractivity contribution in [2.75, 3.05) is 20.8 Å². The van der Waals surface area contributed by atoms with Gasteiger partial charge in [-0.3, -0.25) is 0 Å². The molecule has 1 heterocycles. The van der Waals surface area contributed by atoms with E-state index in [2.05, 4.69) is 0 Å². The van der Waals surface area contributed by atoms with Crippen LogP contribution in [0.4, 0.5) is 0 Å². The van der Waals surface area contributed by atoms with Crippen molar-refractivity contribution in [1.82, 2.24) is 0 Å². The molecule has 5 atom stereocenters. The molecule has 36 heavy (non-hydrogen) atoms. The first-order valence-corrected chi connectivity index (χ1v) is 12.1. The molecule has 7 heteroatoms. The van der Waals surface area contributed by atoms with Gasteiger partial charge in [0, 0.05) is 7.11 Å². The fraction of sp³-hybridized carbons (Fsp3) is 0.379. The zero-order chi connectivity index (χ0) is 25.2. The quantitative estimate of drug-likeness (QED) is 0.406. The van der Waals surface area contributed by atoms with Crippen molar-refractivity contribution in [3.63, 3.8) is 0 Å². The Hall–Kier alpha value is -2.78. The van der Waals surface area contributed by atoms with Crippen LogP contribution in [0, 0.1) is 0 Å². The highest BCUT2D eigenvalue weighted by Crippen LogP contribution is 2.29. The van der Waals surface area contributed by atoms with Crippen molar-refractivity contribution in [1.29, 1.82) is 0 Å². The summed E-state index contributed by atoms with van der Waals surface area (Å²) in [6, 6.07) is 27.3. The van der Waals surface area contributed by atoms with Gasteiger partial charge in [0.15, 0.2) is 6.29 Å². The lowest BCUT2D eigenvalue weighted by atomic mass is 9.98. The fourth-order valence-electron chi connectivity index (χ4n) is 4.13. The van der Waals surface area contributed by atoms with Gasteiger partial charge in [-0.1, -0.05) is 72.8 Å². The molecule has 0 amide bonds. The maximum Gasteiger partial charge on any atom is 0.186 e. The largest absolute Gasteiger partial charge is 0.497 e. The Bertz CT molecular complexity index is 1010. The van der Waals surface area contributed by atoms with Crippen molar-refractivity contribution >= 4 is 0 Å². The zero-order valence-electron chi connectivity index (χ0n) is 20.7. The molecule has 1 aliphatic rings. The van der Waals surface area contributed by atoms with E-state index in [0.29, 0.717) is 13.2 Å². The summed E-state index contributed by atoms with van der Waals surface area (Å²) in [5.41, 5.74) is 2.99. The fourth-order valence-corrected chi connectivity index (χ4v) is 4.13. The van der Waals surface area contributed by atoms with Crippen LogP contribution in [0.25, 0.3) is 0 Å². The molecule has 0 aliphatic carbocycles. The Morgan fingerprint density at radius 2 is 1.25 bits per heavy atom. The zero-order valence-corrected chi connectivity index (χ0v) is 20.7. The number of hydrogen-bond acceptors (Lipinski definition) is 7. The summed E-state index contributed by atoms with van der Waals surface area (Å²) in [6.07, 6.45) is -3.70. The molecule has 3 aromatic rings. The molecule has 0 saturated carbocycles. The summed E-state index contributed by atoms with van der Waals surface area (Å²) in [6.45, 7) is 1.21. The van der Waals surface area contributed by atoms with Gasteiger partial charge in [-0.05, 0) is 28.8 Å². The molecule has 0 aromatic heterocycles. The Balaban J connectivity index is 1.45. The molecule has 1 saturated heterocycles. The first-order chi connectivity index (χ1) is 17.7. The van der Waals surface area contributed by atoms with Crippen LogP contribution in [0.1, 0.15) is 16.7 Å². The number of aliphatic hydroxyl groups is 1. The van der Waals surface area contributed by atoms with Gasteiger partial charge in [0.1, 0.15) is 30.2 Å². The second-order valence-electron chi connectivity index (χ2n) is 8.65. The van der Waals surface area contributed by atoms with E-state index in [1.165, 1.54) is 0 Å². The van der Waals surface area contributed by atoms with Gasteiger partial charge in [-0.2, -0.15) is 0 Å². The van der Waals surface area contributed by atoms with Crippen LogP contribution in [0.3, 0.4) is 0 Å². The van der Waals surface area contributed by atoms with E-state index in [9.17, 15) is 5.11 Å². The lowest BCUT2D eigenvalue weighted by Crippen LogP contribution is -2.60. The van der Waals surface area contributed by atoms with Crippen LogP contribution in [0.2, 0.25) is 0 Å². The lowest BCUT2D eigenvalue weighted by molar-refractivity contribution is -0.315. The van der Waals surface area contributed by atoms with Crippen LogP contribution >= 0.6 is 0 Å². The minimum absolute atomic E-state index is 0.184. The van der Waals surface area contributed by atoms with Crippen LogP contribution in [-0.4, -0.2) is 56.6 Å². The molecule has 3 aromatic carbocycles. The molecule has 7 nitrogen and oxygen atoms in total. The predicted molar refractivity (Wildman–Crippen MR) is 134 cm³/mol. The molecule has 0 bridgehead atoms. The summed E-state index contributed by atoms with van der Waals surface area (Å²) >= 11 is 0. The summed E-state index contributed by atoms with van der Waals surface area (Å²) < 4.78 is 35.3. The SMILES string of the molecule is COc1ccc(CO[C@H]2[C@@H](O)[C@@H](COCc3ccccc3)O[C@H](OC)[C@@H]2OCc2ccccc2)cc1. The number of benzene rings is 3. The number of aliphatic hydroxyl groups excluding tert-OH is 1. The summed E-state index contributed by atoms with van der Waals surface area (Å²) in [5, 5.41) is 11.3. The van der Waals surface area contributed by atoms with E-state index < -0.39 is 30.7 Å². The van der Waals surface area contributed by atoms with Crippen LogP contribution in [-0.2, 0) is 43.5 Å². The molecule has 0 unspecified atom stereocenters. The molecular formula is C29H34O7. The minimum atomic E-state index is -0.980. The van der Waals surface area contributed by atoms with Gasteiger partial charge in [-0.25, -0.2) is 0 Å². The van der Waals surface area contributed by atoms with E-state index in [-0.39, 0.29) is 13.2 Å². The molecule has 4 rings (SSSR count). The summed E-state index contributed by atoms with van der Waals surface area (Å²) in [7, 11) is 3.19. The van der Waals surface area contributed by atoms with Crippen molar-refractivity contribution in [3.05, 3.63) is 102 Å². The van der Waals surface area contributed by atoms with Gasteiger partial charge in [-0.15, -0.1) is 0 Å². The first-order valence-electron chi connectivity index (χ1n) is 12.1. The molecule has 1 N–H and O–H groups in total. The lowest BCUT2D eigenvalue weighted by Gasteiger charge is -2.43. The third kappa shape index (κ3) is 7.13. The number of rotatable bonds is 12. The summed E-state index contributed by atoms with van der Waals surface area (Å²) in [5.74, 6) is 0.768. The van der Waals surface area contributed by atoms with Gasteiger partial charge in [0.25, 0.3) is 0 Å². The average molecular weight is 495 g/mol. The van der Waals surface area contributed by atoms with Crippen molar-refractivity contribution in [3.8, 4) is 5.75 Å². The van der Waals surface area contributed by atoms with E-state index in [0.717, 1.165) is 22.4 Å². The predicted octanol–water partition coefficient (Wildman–Crippen LogP) is 4.11. The van der Waals surface area contributed by atoms with Gasteiger partial charge in [0.2, 0.25) is 0 Å². The topological polar surface area (TPSA) is 75.6 Å². The molecule has 1 aliphatic heterocycles. The van der Waals surface area contributed by atoms with Crippen LogP contribution < -0.4 is 4.74 Å². The molecule has 1 fully saturated rings. The van der Waals surface area contributed by atoms with Crippen molar-refractivity contribution < 1.29 is 33.5 Å². The monoisotopic (exact) mass is 494 g/mol. The Labute approximate surface area is 212 Å². The maximum absolute atomic E-state index is 11.3. The van der Waals surface area contributed by atoms with Gasteiger partial charge in [0.05, 0.1) is 33.5 Å². The Morgan fingerprint density at radius 1 is 0.694 bits per heavy atom. The second-order valence-corrected chi connectivity index (χ2v) is 8.65. The minimum Gasteiger partial charge on any atom is -0.497 e. The van der Waals surface area contributed by atoms with Crippen molar-refractivity contribution in [2.24, 2.45) is 0 Å². The Kier molecular flexibility index (Phi) is 9.86. The number of hydrogen-bond donors (Lipinski definition) is 1. The highest BCUT2D eigenvalue weighted by atomic mass is 16.7. The highest BCUT2D eigenvalue weighted by Gasteiger charge is 2.47.